The van der Waals surface area contributed by atoms with E-state index in [0.29, 0.717) is 28.9 Å². The number of aromatic hydroxyl groups is 1. The number of phenols is 1. The van der Waals surface area contributed by atoms with E-state index in [1.165, 1.54) is 24.3 Å². The van der Waals surface area contributed by atoms with Crippen LogP contribution in [0.2, 0.25) is 0 Å². The van der Waals surface area contributed by atoms with E-state index < -0.39 is 48.5 Å². The maximum absolute atomic E-state index is 12.0. The number of hydrogen-bond acceptors (Lipinski definition) is 17. The van der Waals surface area contributed by atoms with Crippen molar-refractivity contribution < 1.29 is 60.6 Å². The molecular formula is C29H25N5O13S3. The zero-order valence-corrected chi connectivity index (χ0v) is 27.5. The van der Waals surface area contributed by atoms with Gasteiger partial charge in [0.1, 0.15) is 29.0 Å². The lowest BCUT2D eigenvalue weighted by molar-refractivity contribution is -0.432. The molecule has 8 N–H and O–H groups in total. The SMILES string of the molecule is Nc1cc2c(O)c(N=Nc3ccc(N=Nc4ccc(OCC(O)CO)cc4)c4ccc(S(=O)(=O)O)cc34)c(SOOO)cc2cc1S(=O)(=O)O. The van der Waals surface area contributed by atoms with Gasteiger partial charge in [-0.1, -0.05) is 11.1 Å². The monoisotopic (exact) mass is 747 g/mol. The molecule has 18 nitrogen and oxygen atoms in total. The van der Waals surface area contributed by atoms with Crippen LogP contribution in [0.25, 0.3) is 21.5 Å². The van der Waals surface area contributed by atoms with Crippen LogP contribution in [0.5, 0.6) is 11.5 Å². The maximum Gasteiger partial charge on any atom is 0.296 e. The molecular weight excluding hydrogens is 723 g/mol. The summed E-state index contributed by atoms with van der Waals surface area (Å²) in [4.78, 5) is -1.16. The third-order valence-corrected chi connectivity index (χ3v) is 9.25. The number of azo groups is 2. The Kier molecular flexibility index (Phi) is 10.9. The van der Waals surface area contributed by atoms with Crippen LogP contribution in [0.3, 0.4) is 0 Å². The summed E-state index contributed by atoms with van der Waals surface area (Å²) in [5.74, 6) is -0.159. The zero-order chi connectivity index (χ0) is 36.2. The van der Waals surface area contributed by atoms with E-state index in [-0.39, 0.29) is 50.4 Å². The van der Waals surface area contributed by atoms with Gasteiger partial charge in [-0.25, -0.2) is 5.26 Å². The number of fused-ring (bicyclic) bond motifs is 2. The second kappa shape index (κ2) is 15.0. The van der Waals surface area contributed by atoms with E-state index in [0.717, 1.165) is 24.3 Å². The van der Waals surface area contributed by atoms with Crippen LogP contribution >= 0.6 is 12.0 Å². The van der Waals surface area contributed by atoms with Gasteiger partial charge in [-0.2, -0.15) is 21.9 Å². The van der Waals surface area contributed by atoms with Crippen LogP contribution in [0.1, 0.15) is 0 Å². The fourth-order valence-electron chi connectivity index (χ4n) is 4.53. The van der Waals surface area contributed by atoms with E-state index in [4.69, 9.17) is 20.8 Å². The van der Waals surface area contributed by atoms with Crippen molar-refractivity contribution in [1.82, 2.24) is 0 Å². The van der Waals surface area contributed by atoms with Gasteiger partial charge in [-0.3, -0.25) is 9.11 Å². The number of nitrogens with two attached hydrogens (primary N) is 1. The Morgan fingerprint density at radius 3 is 2.12 bits per heavy atom. The Morgan fingerprint density at radius 1 is 0.800 bits per heavy atom. The molecule has 0 radical (unpaired) electrons. The van der Waals surface area contributed by atoms with E-state index >= 15 is 0 Å². The van der Waals surface area contributed by atoms with Crippen molar-refractivity contribution in [2.45, 2.75) is 20.8 Å². The van der Waals surface area contributed by atoms with Gasteiger partial charge in [0, 0.05) is 16.2 Å². The number of aliphatic hydroxyl groups excluding tert-OH is 2. The van der Waals surface area contributed by atoms with Gasteiger partial charge in [0.05, 0.1) is 51.2 Å². The quantitative estimate of drug-likeness (QED) is 0.0188. The number of nitrogen functional groups attached to an aromatic ring is 1. The molecule has 50 heavy (non-hydrogen) atoms. The second-order valence-corrected chi connectivity index (χ2v) is 13.8. The first-order valence-electron chi connectivity index (χ1n) is 13.8. The fourth-order valence-corrected chi connectivity index (χ4v) is 6.16. The molecule has 262 valence electrons. The summed E-state index contributed by atoms with van der Waals surface area (Å²) in [6.45, 7) is -0.567. The van der Waals surface area contributed by atoms with Crippen molar-refractivity contribution in [2.75, 3.05) is 18.9 Å². The number of ether oxygens (including phenoxy) is 1. The van der Waals surface area contributed by atoms with Crippen LogP contribution in [-0.2, 0) is 29.6 Å². The lowest BCUT2D eigenvalue weighted by Crippen LogP contribution is -2.21. The van der Waals surface area contributed by atoms with Gasteiger partial charge in [0.15, 0.2) is 5.75 Å². The molecule has 0 aliphatic heterocycles. The lowest BCUT2D eigenvalue weighted by atomic mass is 10.1. The fraction of sp³-hybridized carbons (Fsp3) is 0.103. The van der Waals surface area contributed by atoms with Crippen molar-refractivity contribution in [2.24, 2.45) is 20.5 Å². The molecule has 1 atom stereocenters. The summed E-state index contributed by atoms with van der Waals surface area (Å²) < 4.78 is 76.6. The normalized spacial score (nSPS) is 13.1. The number of hydrogen-bond donors (Lipinski definition) is 7. The molecule has 0 aromatic heterocycles. The molecule has 0 bridgehead atoms. The third-order valence-electron chi connectivity index (χ3n) is 6.87. The lowest BCUT2D eigenvalue weighted by Gasteiger charge is -2.12. The summed E-state index contributed by atoms with van der Waals surface area (Å²) >= 11 is 0.353. The molecule has 0 saturated heterocycles. The average molecular weight is 748 g/mol. The topological polar surface area (TPSA) is 293 Å². The van der Waals surface area contributed by atoms with E-state index in [9.17, 15) is 36.2 Å². The number of aliphatic hydroxyl groups is 2. The van der Waals surface area contributed by atoms with Gasteiger partial charge in [0.2, 0.25) is 0 Å². The Labute approximate surface area is 286 Å². The average Bonchev–Trinajstić information content (AvgIpc) is 3.08. The van der Waals surface area contributed by atoms with Crippen LogP contribution in [0.4, 0.5) is 28.4 Å². The summed E-state index contributed by atoms with van der Waals surface area (Å²) in [5.41, 5.74) is 5.84. The molecule has 0 heterocycles. The van der Waals surface area contributed by atoms with Crippen molar-refractivity contribution in [1.29, 1.82) is 0 Å². The van der Waals surface area contributed by atoms with Gasteiger partial charge in [-0.05, 0) is 72.1 Å². The van der Waals surface area contributed by atoms with Crippen molar-refractivity contribution in [3.8, 4) is 11.5 Å². The standard InChI is InChI=1S/C29H25N5O13S3/c30-23-12-21-15(10-27(23)50(42,43)44)9-26(48-47-46-38)28(29(21)37)34-33-25-8-7-24(20-6-5-19(11-22(20)25)49(39,40)41)32-31-16-1-3-18(4-2-16)45-14-17(36)13-35/h1-12,17,35-38H,13-14,30H2,(H,39,40,41)(H,42,43,44). The number of anilines is 1. The first-order chi connectivity index (χ1) is 23.7. The van der Waals surface area contributed by atoms with Gasteiger partial charge >= 0.3 is 0 Å². The molecule has 5 rings (SSSR count). The van der Waals surface area contributed by atoms with Crippen LogP contribution < -0.4 is 10.5 Å². The van der Waals surface area contributed by atoms with Crippen molar-refractivity contribution in [3.05, 3.63) is 72.8 Å². The van der Waals surface area contributed by atoms with Crippen molar-refractivity contribution in [3.63, 3.8) is 0 Å². The smallest absolute Gasteiger partial charge is 0.296 e. The highest BCUT2D eigenvalue weighted by Crippen LogP contribution is 2.46. The summed E-state index contributed by atoms with van der Waals surface area (Å²) in [5, 5.41) is 59.1. The Morgan fingerprint density at radius 2 is 1.48 bits per heavy atom. The van der Waals surface area contributed by atoms with Gasteiger partial charge < -0.3 is 25.8 Å². The Balaban J connectivity index is 1.57. The minimum atomic E-state index is -4.74. The molecule has 0 spiro atoms. The summed E-state index contributed by atoms with van der Waals surface area (Å²) in [6, 6.07) is 16.2. The van der Waals surface area contributed by atoms with E-state index in [1.807, 2.05) is 0 Å². The van der Waals surface area contributed by atoms with Gasteiger partial charge in [0.25, 0.3) is 20.2 Å². The molecule has 5 aromatic carbocycles. The minimum absolute atomic E-state index is 0.00487. The predicted molar refractivity (Wildman–Crippen MR) is 178 cm³/mol. The Bertz CT molecular complexity index is 2360. The number of nitrogens with zero attached hydrogens (tertiary/aromatic N) is 4. The second-order valence-electron chi connectivity index (χ2n) is 10.2. The molecule has 0 aliphatic rings. The molecule has 0 saturated carbocycles. The minimum Gasteiger partial charge on any atom is -0.505 e. The number of benzene rings is 5. The molecule has 1 unspecified atom stereocenters. The van der Waals surface area contributed by atoms with Crippen LogP contribution in [-0.4, -0.2) is 65.8 Å². The highest BCUT2D eigenvalue weighted by Gasteiger charge is 2.21. The summed E-state index contributed by atoms with van der Waals surface area (Å²) in [6.07, 6.45) is -1.04. The predicted octanol–water partition coefficient (Wildman–Crippen LogP) is 5.77. The Hall–Kier alpha value is -4.81. The molecule has 0 amide bonds. The van der Waals surface area contributed by atoms with Crippen LogP contribution in [0, 0.1) is 0 Å². The van der Waals surface area contributed by atoms with Crippen LogP contribution in [0.15, 0.2) is 108 Å². The first-order valence-corrected chi connectivity index (χ1v) is 17.4. The molecule has 0 fully saturated rings. The van der Waals surface area contributed by atoms with Gasteiger partial charge in [-0.15, -0.1) is 19.7 Å². The molecule has 5 aromatic rings. The summed E-state index contributed by atoms with van der Waals surface area (Å²) in [7, 11) is -9.40. The molecule has 0 aliphatic carbocycles. The number of phenolic OH excluding ortho intramolecular Hbond substituents is 1. The highest BCUT2D eigenvalue weighted by atomic mass is 32.2. The third kappa shape index (κ3) is 8.31. The first kappa shape index (κ1) is 36.5. The largest absolute Gasteiger partial charge is 0.505 e. The van der Waals surface area contributed by atoms with E-state index in [2.05, 4.69) is 29.8 Å². The maximum atomic E-state index is 12.0. The number of rotatable bonds is 13. The zero-order valence-electron chi connectivity index (χ0n) is 25.1. The highest BCUT2D eigenvalue weighted by molar-refractivity contribution is 7.94. The van der Waals surface area contributed by atoms with E-state index in [1.54, 1.807) is 24.3 Å². The van der Waals surface area contributed by atoms with Crippen molar-refractivity contribution >= 4 is 82.3 Å². The molecule has 21 heteroatoms.